The third-order valence-electron chi connectivity index (χ3n) is 1.99. The van der Waals surface area contributed by atoms with Crippen LogP contribution >= 0.6 is 11.8 Å². The Morgan fingerprint density at radius 2 is 1.73 bits per heavy atom. The van der Waals surface area contributed by atoms with Gasteiger partial charge in [0.05, 0.1) is 0 Å². The maximum Gasteiger partial charge on any atom is 0.316 e. The van der Waals surface area contributed by atoms with Crippen molar-refractivity contribution in [2.24, 2.45) is 5.92 Å². The van der Waals surface area contributed by atoms with Gasteiger partial charge in [0, 0.05) is 0 Å². The van der Waals surface area contributed by atoms with Gasteiger partial charge in [0.15, 0.2) is 0 Å². The van der Waals surface area contributed by atoms with E-state index in [2.05, 4.69) is 0 Å². The van der Waals surface area contributed by atoms with Crippen LogP contribution in [0.2, 0.25) is 0 Å². The lowest BCUT2D eigenvalue weighted by Crippen LogP contribution is -2.28. The van der Waals surface area contributed by atoms with Crippen molar-refractivity contribution >= 4 is 23.7 Å². The smallest absolute Gasteiger partial charge is 0.316 e. The third-order valence-corrected chi connectivity index (χ3v) is 3.79. The Bertz CT molecular complexity index is 227. The number of aliphatic carboxylic acids is 2. The van der Waals surface area contributed by atoms with E-state index in [9.17, 15) is 9.59 Å². The average Bonchev–Trinajstić information content (AvgIpc) is 2.10. The van der Waals surface area contributed by atoms with Crippen LogP contribution in [0.1, 0.15) is 33.6 Å². The Kier molecular flexibility index (Phi) is 6.40. The van der Waals surface area contributed by atoms with Crippen molar-refractivity contribution in [1.29, 1.82) is 0 Å². The second-order valence-corrected chi connectivity index (χ2v) is 5.10. The minimum absolute atomic E-state index is 0.0637. The fourth-order valence-electron chi connectivity index (χ4n) is 1.19. The number of rotatable bonds is 7. The molecule has 0 aromatic rings. The summed E-state index contributed by atoms with van der Waals surface area (Å²) in [6.45, 7) is 5.47. The van der Waals surface area contributed by atoms with Crippen LogP contribution in [0.15, 0.2) is 0 Å². The predicted molar refractivity (Wildman–Crippen MR) is 60.2 cm³/mol. The van der Waals surface area contributed by atoms with E-state index in [4.69, 9.17) is 10.2 Å². The van der Waals surface area contributed by atoms with Crippen molar-refractivity contribution < 1.29 is 19.8 Å². The first kappa shape index (κ1) is 14.3. The maximum atomic E-state index is 10.9. The first-order chi connectivity index (χ1) is 6.90. The molecular formula is C10H18O4S. The summed E-state index contributed by atoms with van der Waals surface area (Å²) < 4.78 is 0. The Balaban J connectivity index is 4.46. The summed E-state index contributed by atoms with van der Waals surface area (Å²) >= 11 is 1.04. The predicted octanol–water partition coefficient (Wildman–Crippen LogP) is 2.08. The van der Waals surface area contributed by atoms with Crippen LogP contribution in [-0.2, 0) is 9.59 Å². The largest absolute Gasteiger partial charge is 0.480 e. The summed E-state index contributed by atoms with van der Waals surface area (Å²) in [4.78, 5) is 21.7. The Hall–Kier alpha value is -0.710. The molecule has 0 amide bonds. The lowest BCUT2D eigenvalue weighted by molar-refractivity contribution is -0.137. The molecule has 0 aliphatic heterocycles. The number of thioether (sulfide) groups is 1. The molecule has 0 fully saturated rings. The monoisotopic (exact) mass is 234 g/mol. The highest BCUT2D eigenvalue weighted by Gasteiger charge is 2.29. The van der Waals surface area contributed by atoms with E-state index in [1.165, 1.54) is 0 Å². The number of hydrogen-bond donors (Lipinski definition) is 2. The normalized spacial score (nSPS) is 14.9. The van der Waals surface area contributed by atoms with Gasteiger partial charge in [0.2, 0.25) is 0 Å². The van der Waals surface area contributed by atoms with Crippen LogP contribution < -0.4 is 0 Å². The van der Waals surface area contributed by atoms with Gasteiger partial charge in [-0.2, -0.15) is 0 Å². The van der Waals surface area contributed by atoms with Gasteiger partial charge < -0.3 is 10.2 Å². The molecule has 0 heterocycles. The van der Waals surface area contributed by atoms with E-state index in [1.54, 1.807) is 13.8 Å². The van der Waals surface area contributed by atoms with Crippen LogP contribution in [-0.4, -0.2) is 32.7 Å². The first-order valence-corrected chi connectivity index (χ1v) is 5.95. The molecule has 2 unspecified atom stereocenters. The van der Waals surface area contributed by atoms with Gasteiger partial charge in [-0.25, -0.2) is 0 Å². The molecule has 15 heavy (non-hydrogen) atoms. The molecule has 0 bridgehead atoms. The fourth-order valence-corrected chi connectivity index (χ4v) is 2.46. The Labute approximate surface area is 94.1 Å². The van der Waals surface area contributed by atoms with Crippen molar-refractivity contribution in [2.45, 2.75) is 44.1 Å². The summed E-state index contributed by atoms with van der Waals surface area (Å²) in [5.41, 5.74) is 0. The average molecular weight is 234 g/mol. The molecule has 5 heteroatoms. The van der Waals surface area contributed by atoms with Crippen molar-refractivity contribution in [3.63, 3.8) is 0 Å². The second-order valence-electron chi connectivity index (χ2n) is 3.75. The topological polar surface area (TPSA) is 74.6 Å². The van der Waals surface area contributed by atoms with Crippen molar-refractivity contribution in [3.8, 4) is 0 Å². The van der Waals surface area contributed by atoms with E-state index in [0.717, 1.165) is 18.2 Å². The van der Waals surface area contributed by atoms with Crippen LogP contribution in [0.4, 0.5) is 0 Å². The van der Waals surface area contributed by atoms with E-state index >= 15 is 0 Å². The molecule has 88 valence electrons. The SMILES string of the molecule is CCCC(SC(C(=O)O)C(C)C)C(=O)O. The lowest BCUT2D eigenvalue weighted by Gasteiger charge is -2.19. The zero-order valence-corrected chi connectivity index (χ0v) is 10.1. The quantitative estimate of drug-likeness (QED) is 0.705. The lowest BCUT2D eigenvalue weighted by atomic mass is 10.1. The minimum atomic E-state index is -0.933. The van der Waals surface area contributed by atoms with Crippen LogP contribution in [0, 0.1) is 5.92 Å². The highest BCUT2D eigenvalue weighted by molar-refractivity contribution is 8.01. The highest BCUT2D eigenvalue weighted by atomic mass is 32.2. The van der Waals surface area contributed by atoms with Gasteiger partial charge in [-0.1, -0.05) is 27.2 Å². The highest BCUT2D eigenvalue weighted by Crippen LogP contribution is 2.27. The number of hydrogen-bond acceptors (Lipinski definition) is 3. The molecule has 0 aliphatic rings. The van der Waals surface area contributed by atoms with Gasteiger partial charge >= 0.3 is 11.9 Å². The zero-order valence-electron chi connectivity index (χ0n) is 9.27. The second kappa shape index (κ2) is 6.71. The Morgan fingerprint density at radius 1 is 1.20 bits per heavy atom. The number of carbonyl (C=O) groups is 2. The summed E-state index contributed by atoms with van der Waals surface area (Å²) in [6.07, 6.45) is 1.25. The molecule has 0 aromatic heterocycles. The zero-order chi connectivity index (χ0) is 12.0. The van der Waals surface area contributed by atoms with Crippen molar-refractivity contribution in [1.82, 2.24) is 0 Å². The molecular weight excluding hydrogens is 216 g/mol. The summed E-state index contributed by atoms with van der Waals surface area (Å²) in [6, 6.07) is 0. The summed E-state index contributed by atoms with van der Waals surface area (Å²) in [7, 11) is 0. The molecule has 2 N–H and O–H groups in total. The summed E-state index contributed by atoms with van der Waals surface area (Å²) in [5, 5.41) is 16.6. The van der Waals surface area contributed by atoms with E-state index in [0.29, 0.717) is 6.42 Å². The number of carboxylic acids is 2. The molecule has 0 aliphatic carbocycles. The van der Waals surface area contributed by atoms with Gasteiger partial charge in [-0.05, 0) is 12.3 Å². The van der Waals surface area contributed by atoms with Gasteiger partial charge in [-0.15, -0.1) is 11.8 Å². The molecule has 0 rings (SSSR count). The van der Waals surface area contributed by atoms with Crippen molar-refractivity contribution in [3.05, 3.63) is 0 Å². The van der Waals surface area contributed by atoms with Crippen LogP contribution in [0.3, 0.4) is 0 Å². The molecule has 0 saturated carbocycles. The van der Waals surface area contributed by atoms with Crippen molar-refractivity contribution in [2.75, 3.05) is 0 Å². The Morgan fingerprint density at radius 3 is 2.00 bits per heavy atom. The van der Waals surface area contributed by atoms with E-state index in [-0.39, 0.29) is 5.92 Å². The first-order valence-electron chi connectivity index (χ1n) is 5.01. The third kappa shape index (κ3) is 5.06. The van der Waals surface area contributed by atoms with Gasteiger partial charge in [-0.3, -0.25) is 9.59 Å². The molecule has 0 radical (unpaired) electrons. The fraction of sp³-hybridized carbons (Fsp3) is 0.800. The standard InChI is InChI=1S/C10H18O4S/c1-4-5-7(9(11)12)15-8(6(2)3)10(13)14/h6-8H,4-5H2,1-3H3,(H,11,12)(H,13,14). The minimum Gasteiger partial charge on any atom is -0.480 e. The van der Waals surface area contributed by atoms with Gasteiger partial charge in [0.25, 0.3) is 0 Å². The van der Waals surface area contributed by atoms with E-state index < -0.39 is 22.4 Å². The molecule has 0 saturated heterocycles. The molecule has 0 spiro atoms. The van der Waals surface area contributed by atoms with Gasteiger partial charge in [0.1, 0.15) is 10.5 Å². The number of carboxylic acid groups (broad SMARTS) is 2. The van der Waals surface area contributed by atoms with E-state index in [1.807, 2.05) is 6.92 Å². The van der Waals surface area contributed by atoms with Crippen LogP contribution in [0.25, 0.3) is 0 Å². The molecule has 4 nitrogen and oxygen atoms in total. The molecule has 2 atom stereocenters. The van der Waals surface area contributed by atoms with Crippen LogP contribution in [0.5, 0.6) is 0 Å². The molecule has 0 aromatic carbocycles. The summed E-state index contributed by atoms with van der Waals surface area (Å²) in [5.74, 6) is -1.92. The maximum absolute atomic E-state index is 10.9.